The summed E-state index contributed by atoms with van der Waals surface area (Å²) in [6.45, 7) is 2.56. The number of nitrogens with two attached hydrogens (primary N) is 1. The first-order valence-corrected chi connectivity index (χ1v) is 4.70. The summed E-state index contributed by atoms with van der Waals surface area (Å²) in [6, 6.07) is 3.89. The van der Waals surface area contributed by atoms with Crippen molar-refractivity contribution in [2.75, 3.05) is 11.1 Å². The number of rotatable bonds is 3. The van der Waals surface area contributed by atoms with Crippen LogP contribution in [0.2, 0.25) is 0 Å². The first-order chi connectivity index (χ1) is 7.25. The molecule has 0 unspecified atom stereocenters. The SMILES string of the molecule is Cc1nc(NCc2ccncc2)c(N)[nH]1. The molecule has 0 atom stereocenters. The van der Waals surface area contributed by atoms with Gasteiger partial charge in [-0.3, -0.25) is 4.98 Å². The molecular weight excluding hydrogens is 190 g/mol. The molecule has 2 heterocycles. The number of nitrogen functional groups attached to an aromatic ring is 1. The van der Waals surface area contributed by atoms with Crippen molar-refractivity contribution in [2.24, 2.45) is 0 Å². The van der Waals surface area contributed by atoms with Crippen LogP contribution in [0, 0.1) is 6.92 Å². The first-order valence-electron chi connectivity index (χ1n) is 4.70. The van der Waals surface area contributed by atoms with Crippen molar-refractivity contribution >= 4 is 11.6 Å². The second-order valence-corrected chi connectivity index (χ2v) is 3.29. The van der Waals surface area contributed by atoms with E-state index in [1.54, 1.807) is 12.4 Å². The first kappa shape index (κ1) is 9.51. The van der Waals surface area contributed by atoms with Gasteiger partial charge in [-0.2, -0.15) is 0 Å². The van der Waals surface area contributed by atoms with E-state index in [1.165, 1.54) is 0 Å². The van der Waals surface area contributed by atoms with E-state index in [-0.39, 0.29) is 0 Å². The monoisotopic (exact) mass is 203 g/mol. The van der Waals surface area contributed by atoms with Crippen LogP contribution in [0.25, 0.3) is 0 Å². The van der Waals surface area contributed by atoms with E-state index in [4.69, 9.17) is 5.73 Å². The number of H-pyrrole nitrogens is 1. The zero-order valence-corrected chi connectivity index (χ0v) is 8.49. The predicted molar refractivity (Wildman–Crippen MR) is 59.3 cm³/mol. The topological polar surface area (TPSA) is 79.6 Å². The van der Waals surface area contributed by atoms with E-state index in [0.29, 0.717) is 18.2 Å². The fraction of sp³-hybridized carbons (Fsp3) is 0.200. The third kappa shape index (κ3) is 2.25. The van der Waals surface area contributed by atoms with Gasteiger partial charge in [-0.05, 0) is 24.6 Å². The molecule has 0 aliphatic heterocycles. The van der Waals surface area contributed by atoms with Gasteiger partial charge in [0.25, 0.3) is 0 Å². The molecule has 0 fully saturated rings. The Bertz CT molecular complexity index is 434. The van der Waals surface area contributed by atoms with Crippen LogP contribution in [-0.4, -0.2) is 15.0 Å². The van der Waals surface area contributed by atoms with Crippen molar-refractivity contribution in [3.8, 4) is 0 Å². The molecule has 5 nitrogen and oxygen atoms in total. The lowest BCUT2D eigenvalue weighted by molar-refractivity contribution is 1.09. The maximum absolute atomic E-state index is 5.71. The molecule has 4 N–H and O–H groups in total. The largest absolute Gasteiger partial charge is 0.382 e. The fourth-order valence-corrected chi connectivity index (χ4v) is 1.33. The molecule has 0 radical (unpaired) electrons. The number of aromatic amines is 1. The van der Waals surface area contributed by atoms with Crippen molar-refractivity contribution in [3.05, 3.63) is 35.9 Å². The average molecular weight is 203 g/mol. The number of imidazole rings is 1. The van der Waals surface area contributed by atoms with E-state index >= 15 is 0 Å². The molecule has 2 aromatic rings. The zero-order valence-electron chi connectivity index (χ0n) is 8.49. The summed E-state index contributed by atoms with van der Waals surface area (Å²) in [5, 5.41) is 3.15. The van der Waals surface area contributed by atoms with Crippen LogP contribution in [-0.2, 0) is 6.54 Å². The maximum Gasteiger partial charge on any atom is 0.169 e. The van der Waals surface area contributed by atoms with E-state index in [9.17, 15) is 0 Å². The van der Waals surface area contributed by atoms with Gasteiger partial charge in [0.2, 0.25) is 0 Å². The Morgan fingerprint density at radius 2 is 2.13 bits per heavy atom. The molecule has 0 spiro atoms. The Balaban J connectivity index is 2.02. The van der Waals surface area contributed by atoms with Gasteiger partial charge in [0.1, 0.15) is 11.6 Å². The summed E-state index contributed by atoms with van der Waals surface area (Å²) in [4.78, 5) is 11.1. The number of hydrogen-bond donors (Lipinski definition) is 3. The summed E-state index contributed by atoms with van der Waals surface area (Å²) in [7, 11) is 0. The molecule has 0 aliphatic carbocycles. The number of hydrogen-bond acceptors (Lipinski definition) is 4. The third-order valence-electron chi connectivity index (χ3n) is 2.06. The summed E-state index contributed by atoms with van der Waals surface area (Å²) in [5.74, 6) is 2.08. The zero-order chi connectivity index (χ0) is 10.7. The predicted octanol–water partition coefficient (Wildman–Crippen LogP) is 1.31. The summed E-state index contributed by atoms with van der Waals surface area (Å²) < 4.78 is 0. The van der Waals surface area contributed by atoms with Crippen LogP contribution in [0.1, 0.15) is 11.4 Å². The van der Waals surface area contributed by atoms with Crippen LogP contribution in [0.4, 0.5) is 11.6 Å². The van der Waals surface area contributed by atoms with Gasteiger partial charge in [-0.1, -0.05) is 0 Å². The molecular formula is C10H13N5. The minimum Gasteiger partial charge on any atom is -0.382 e. The average Bonchev–Trinajstić information content (AvgIpc) is 2.56. The van der Waals surface area contributed by atoms with Crippen molar-refractivity contribution in [3.63, 3.8) is 0 Å². The lowest BCUT2D eigenvalue weighted by Crippen LogP contribution is -2.02. The number of anilines is 2. The minimum atomic E-state index is 0.571. The molecule has 2 rings (SSSR count). The highest BCUT2D eigenvalue weighted by atomic mass is 15.1. The van der Waals surface area contributed by atoms with Gasteiger partial charge in [0.05, 0.1) is 0 Å². The van der Waals surface area contributed by atoms with E-state index in [2.05, 4.69) is 20.3 Å². The summed E-state index contributed by atoms with van der Waals surface area (Å²) in [6.07, 6.45) is 3.52. The lowest BCUT2D eigenvalue weighted by atomic mass is 10.3. The molecule has 0 saturated heterocycles. The number of nitrogens with one attached hydrogen (secondary N) is 2. The number of nitrogens with zero attached hydrogens (tertiary/aromatic N) is 2. The van der Waals surface area contributed by atoms with Crippen molar-refractivity contribution in [1.82, 2.24) is 15.0 Å². The highest BCUT2D eigenvalue weighted by molar-refractivity contribution is 5.56. The van der Waals surface area contributed by atoms with Gasteiger partial charge in [-0.25, -0.2) is 4.98 Å². The van der Waals surface area contributed by atoms with Crippen molar-refractivity contribution in [1.29, 1.82) is 0 Å². The number of pyridine rings is 1. The number of aromatic nitrogens is 3. The Labute approximate surface area is 87.8 Å². The second kappa shape index (κ2) is 4.00. The van der Waals surface area contributed by atoms with Crippen molar-refractivity contribution in [2.45, 2.75) is 13.5 Å². The molecule has 5 heteroatoms. The lowest BCUT2D eigenvalue weighted by Gasteiger charge is -2.03. The highest BCUT2D eigenvalue weighted by Gasteiger charge is 2.03. The van der Waals surface area contributed by atoms with Gasteiger partial charge >= 0.3 is 0 Å². The molecule has 78 valence electrons. The molecule has 0 amide bonds. The summed E-state index contributed by atoms with van der Waals surface area (Å²) in [5.41, 5.74) is 6.86. The second-order valence-electron chi connectivity index (χ2n) is 3.29. The minimum absolute atomic E-state index is 0.571. The Morgan fingerprint density at radius 3 is 2.73 bits per heavy atom. The van der Waals surface area contributed by atoms with Gasteiger partial charge < -0.3 is 16.0 Å². The molecule has 0 saturated carbocycles. The van der Waals surface area contributed by atoms with E-state index < -0.39 is 0 Å². The normalized spacial score (nSPS) is 10.2. The van der Waals surface area contributed by atoms with E-state index in [0.717, 1.165) is 11.4 Å². The fourth-order valence-electron chi connectivity index (χ4n) is 1.33. The van der Waals surface area contributed by atoms with Crippen LogP contribution in [0.3, 0.4) is 0 Å². The highest BCUT2D eigenvalue weighted by Crippen LogP contribution is 2.14. The molecule has 15 heavy (non-hydrogen) atoms. The Hall–Kier alpha value is -2.04. The maximum atomic E-state index is 5.71. The molecule has 2 aromatic heterocycles. The standard InChI is InChI=1S/C10H13N5/c1-7-14-9(11)10(15-7)13-6-8-2-4-12-5-3-8/h2-5,13H,6,11H2,1H3,(H,14,15). The van der Waals surface area contributed by atoms with E-state index in [1.807, 2.05) is 19.1 Å². The quantitative estimate of drug-likeness (QED) is 0.702. The third-order valence-corrected chi connectivity index (χ3v) is 2.06. The molecule has 0 bridgehead atoms. The number of aryl methyl sites for hydroxylation is 1. The Kier molecular flexibility index (Phi) is 2.53. The van der Waals surface area contributed by atoms with Crippen LogP contribution >= 0.6 is 0 Å². The van der Waals surface area contributed by atoms with Gasteiger partial charge in [-0.15, -0.1) is 0 Å². The smallest absolute Gasteiger partial charge is 0.169 e. The molecule has 0 aliphatic rings. The Morgan fingerprint density at radius 1 is 1.40 bits per heavy atom. The summed E-state index contributed by atoms with van der Waals surface area (Å²) >= 11 is 0. The van der Waals surface area contributed by atoms with Crippen LogP contribution in [0.5, 0.6) is 0 Å². The van der Waals surface area contributed by atoms with Crippen molar-refractivity contribution < 1.29 is 0 Å². The molecule has 0 aromatic carbocycles. The van der Waals surface area contributed by atoms with Crippen LogP contribution in [0.15, 0.2) is 24.5 Å². The van der Waals surface area contributed by atoms with Crippen LogP contribution < -0.4 is 11.1 Å². The van der Waals surface area contributed by atoms with Gasteiger partial charge in [0.15, 0.2) is 5.82 Å². The van der Waals surface area contributed by atoms with Gasteiger partial charge in [0, 0.05) is 18.9 Å².